The number of rotatable bonds is 6. The molecular weight excluding hydrogens is 248 g/mol. The van der Waals surface area contributed by atoms with Gasteiger partial charge < -0.3 is 10.1 Å². The fraction of sp³-hybridized carbons (Fsp3) is 0.706. The maximum Gasteiger partial charge on any atom is 0.0891 e. The predicted molar refractivity (Wildman–Crippen MR) is 82.4 cm³/mol. The van der Waals surface area contributed by atoms with Crippen LogP contribution in [0.15, 0.2) is 18.3 Å². The summed E-state index contributed by atoms with van der Waals surface area (Å²) in [5.74, 6) is 0.693. The number of nitrogens with one attached hydrogen (secondary N) is 1. The molecule has 2 atom stereocenters. The molecule has 1 fully saturated rings. The van der Waals surface area contributed by atoms with Gasteiger partial charge in [-0.05, 0) is 30.4 Å². The molecule has 3 nitrogen and oxygen atoms in total. The van der Waals surface area contributed by atoms with E-state index in [1.165, 1.54) is 31.2 Å². The normalized spacial score (nSPS) is 23.2. The highest BCUT2D eigenvalue weighted by Gasteiger charge is 2.21. The van der Waals surface area contributed by atoms with Crippen molar-refractivity contribution in [3.05, 3.63) is 29.6 Å². The van der Waals surface area contributed by atoms with Crippen LogP contribution >= 0.6 is 0 Å². The highest BCUT2D eigenvalue weighted by atomic mass is 16.5. The highest BCUT2D eigenvalue weighted by molar-refractivity contribution is 5.13. The van der Waals surface area contributed by atoms with E-state index in [2.05, 4.69) is 43.2 Å². The number of hydrogen-bond acceptors (Lipinski definition) is 3. The van der Waals surface area contributed by atoms with Gasteiger partial charge in [0.15, 0.2) is 0 Å². The van der Waals surface area contributed by atoms with Gasteiger partial charge in [-0.1, -0.05) is 39.7 Å². The van der Waals surface area contributed by atoms with Crippen molar-refractivity contribution in [2.24, 2.45) is 5.92 Å². The minimum absolute atomic E-state index is 0.424. The first-order valence-corrected chi connectivity index (χ1v) is 7.94. The van der Waals surface area contributed by atoms with Crippen LogP contribution in [0.3, 0.4) is 0 Å². The average molecular weight is 276 g/mol. The minimum Gasteiger partial charge on any atom is -0.372 e. The standard InChI is InChI=1S/C17H28N2O/c1-13(2)18-10-15-8-9-16(19-11-15)12-20-17-7-5-4-6-14(17)3/h8-9,11,13-14,17-18H,4-7,10,12H2,1-3H3. The van der Waals surface area contributed by atoms with Gasteiger partial charge >= 0.3 is 0 Å². The van der Waals surface area contributed by atoms with Gasteiger partial charge in [0, 0.05) is 18.8 Å². The van der Waals surface area contributed by atoms with E-state index in [0.29, 0.717) is 24.7 Å². The molecule has 1 aliphatic carbocycles. The van der Waals surface area contributed by atoms with Gasteiger partial charge in [0.05, 0.1) is 18.4 Å². The first kappa shape index (κ1) is 15.5. The Morgan fingerprint density at radius 1 is 1.30 bits per heavy atom. The van der Waals surface area contributed by atoms with Crippen molar-refractivity contribution in [1.82, 2.24) is 10.3 Å². The lowest BCUT2D eigenvalue weighted by Crippen LogP contribution is -2.25. The summed E-state index contributed by atoms with van der Waals surface area (Å²) in [6, 6.07) is 4.74. The molecule has 0 spiro atoms. The molecule has 0 bridgehead atoms. The number of nitrogens with zero attached hydrogens (tertiary/aromatic N) is 1. The molecule has 1 N–H and O–H groups in total. The lowest BCUT2D eigenvalue weighted by Gasteiger charge is -2.28. The SMILES string of the molecule is CC(C)NCc1ccc(COC2CCCCC2C)nc1. The highest BCUT2D eigenvalue weighted by Crippen LogP contribution is 2.26. The zero-order valence-electron chi connectivity index (χ0n) is 13.1. The molecule has 0 saturated heterocycles. The summed E-state index contributed by atoms with van der Waals surface area (Å²) in [5, 5.41) is 3.40. The topological polar surface area (TPSA) is 34.1 Å². The number of ether oxygens (including phenoxy) is 1. The first-order valence-electron chi connectivity index (χ1n) is 7.94. The Kier molecular flexibility index (Phi) is 5.99. The second-order valence-corrected chi connectivity index (χ2v) is 6.30. The summed E-state index contributed by atoms with van der Waals surface area (Å²) in [7, 11) is 0. The van der Waals surface area contributed by atoms with E-state index >= 15 is 0 Å². The molecule has 0 aliphatic heterocycles. The third kappa shape index (κ3) is 4.88. The van der Waals surface area contributed by atoms with E-state index in [1.54, 1.807) is 0 Å². The van der Waals surface area contributed by atoms with Gasteiger partial charge in [-0.3, -0.25) is 4.98 Å². The summed E-state index contributed by atoms with van der Waals surface area (Å²) >= 11 is 0. The Balaban J connectivity index is 1.78. The van der Waals surface area contributed by atoms with Crippen molar-refractivity contribution < 1.29 is 4.74 Å². The lowest BCUT2D eigenvalue weighted by atomic mass is 9.88. The van der Waals surface area contributed by atoms with Gasteiger partial charge in [0.2, 0.25) is 0 Å². The van der Waals surface area contributed by atoms with Gasteiger partial charge in [-0.25, -0.2) is 0 Å². The lowest BCUT2D eigenvalue weighted by molar-refractivity contribution is -0.0167. The van der Waals surface area contributed by atoms with Gasteiger partial charge in [0.1, 0.15) is 0 Å². The van der Waals surface area contributed by atoms with E-state index in [1.807, 2.05) is 6.20 Å². The quantitative estimate of drug-likeness (QED) is 0.860. The second kappa shape index (κ2) is 7.75. The van der Waals surface area contributed by atoms with Gasteiger partial charge in [0.25, 0.3) is 0 Å². The number of hydrogen-bond donors (Lipinski definition) is 1. The smallest absolute Gasteiger partial charge is 0.0891 e. The Morgan fingerprint density at radius 2 is 2.10 bits per heavy atom. The summed E-state index contributed by atoms with van der Waals surface area (Å²) in [4.78, 5) is 4.50. The molecule has 1 aliphatic rings. The summed E-state index contributed by atoms with van der Waals surface area (Å²) in [6.07, 6.45) is 7.56. The van der Waals surface area contributed by atoms with Crippen molar-refractivity contribution in [3.8, 4) is 0 Å². The van der Waals surface area contributed by atoms with Crippen molar-refractivity contribution in [3.63, 3.8) is 0 Å². The number of pyridine rings is 1. The largest absolute Gasteiger partial charge is 0.372 e. The molecule has 1 aromatic rings. The molecule has 1 heterocycles. The Bertz CT molecular complexity index is 388. The molecule has 1 aromatic heterocycles. The van der Waals surface area contributed by atoms with Crippen LogP contribution in [-0.2, 0) is 17.9 Å². The molecule has 3 heteroatoms. The van der Waals surface area contributed by atoms with Crippen molar-refractivity contribution in [2.75, 3.05) is 0 Å². The molecule has 2 unspecified atom stereocenters. The number of aromatic nitrogens is 1. The molecule has 0 radical (unpaired) electrons. The fourth-order valence-corrected chi connectivity index (χ4v) is 2.69. The zero-order valence-corrected chi connectivity index (χ0v) is 13.1. The van der Waals surface area contributed by atoms with Crippen molar-refractivity contribution in [2.45, 2.75) is 71.8 Å². The van der Waals surface area contributed by atoms with Crippen LogP contribution in [-0.4, -0.2) is 17.1 Å². The molecule has 0 aromatic carbocycles. The predicted octanol–water partition coefficient (Wildman–Crippen LogP) is 3.67. The molecule has 20 heavy (non-hydrogen) atoms. The van der Waals surface area contributed by atoms with Crippen molar-refractivity contribution in [1.29, 1.82) is 0 Å². The van der Waals surface area contributed by atoms with E-state index in [-0.39, 0.29) is 0 Å². The van der Waals surface area contributed by atoms with Crippen molar-refractivity contribution >= 4 is 0 Å². The molecule has 0 amide bonds. The average Bonchev–Trinajstić information content (AvgIpc) is 2.45. The van der Waals surface area contributed by atoms with Crippen LogP contribution in [0.4, 0.5) is 0 Å². The van der Waals surface area contributed by atoms with Gasteiger partial charge in [-0.15, -0.1) is 0 Å². The third-order valence-corrected chi connectivity index (χ3v) is 4.08. The van der Waals surface area contributed by atoms with E-state index in [0.717, 1.165) is 12.2 Å². The molecule has 2 rings (SSSR count). The summed E-state index contributed by atoms with van der Waals surface area (Å²) in [5.41, 5.74) is 2.27. The van der Waals surface area contributed by atoms with Crippen LogP contribution in [0.5, 0.6) is 0 Å². The van der Waals surface area contributed by atoms with Crippen LogP contribution in [0, 0.1) is 5.92 Å². The fourth-order valence-electron chi connectivity index (χ4n) is 2.69. The Labute approximate surface area is 123 Å². The zero-order chi connectivity index (χ0) is 14.4. The second-order valence-electron chi connectivity index (χ2n) is 6.30. The monoisotopic (exact) mass is 276 g/mol. The van der Waals surface area contributed by atoms with Crippen LogP contribution in [0.2, 0.25) is 0 Å². The summed E-state index contributed by atoms with van der Waals surface area (Å²) in [6.45, 7) is 8.14. The van der Waals surface area contributed by atoms with E-state index < -0.39 is 0 Å². The Hall–Kier alpha value is -0.930. The van der Waals surface area contributed by atoms with E-state index in [4.69, 9.17) is 4.74 Å². The summed E-state index contributed by atoms with van der Waals surface area (Å²) < 4.78 is 6.04. The minimum atomic E-state index is 0.424. The van der Waals surface area contributed by atoms with Crippen LogP contribution < -0.4 is 5.32 Å². The van der Waals surface area contributed by atoms with E-state index in [9.17, 15) is 0 Å². The van der Waals surface area contributed by atoms with Gasteiger partial charge in [-0.2, -0.15) is 0 Å². The van der Waals surface area contributed by atoms with Crippen LogP contribution in [0.25, 0.3) is 0 Å². The maximum absolute atomic E-state index is 6.04. The molecule has 112 valence electrons. The molecule has 1 saturated carbocycles. The first-order chi connectivity index (χ1) is 9.65. The molecular formula is C17H28N2O. The Morgan fingerprint density at radius 3 is 2.75 bits per heavy atom. The van der Waals surface area contributed by atoms with Crippen LogP contribution in [0.1, 0.15) is 57.7 Å². The third-order valence-electron chi connectivity index (χ3n) is 4.08. The maximum atomic E-state index is 6.04.